The van der Waals surface area contributed by atoms with Crippen LogP contribution in [0, 0.1) is 6.92 Å². The van der Waals surface area contributed by atoms with Gasteiger partial charge in [-0.15, -0.1) is 0 Å². The Bertz CT molecular complexity index is 814. The summed E-state index contributed by atoms with van der Waals surface area (Å²) >= 11 is 0. The number of methoxy groups -OCH3 is 1. The first-order chi connectivity index (χ1) is 13.1. The second-order valence-electron chi connectivity index (χ2n) is 6.66. The average molecular weight is 367 g/mol. The monoisotopic (exact) mass is 367 g/mol. The van der Waals surface area contributed by atoms with Crippen molar-refractivity contribution in [2.24, 2.45) is 0 Å². The van der Waals surface area contributed by atoms with Crippen LogP contribution in [0.2, 0.25) is 0 Å². The van der Waals surface area contributed by atoms with E-state index in [1.54, 1.807) is 6.07 Å². The summed E-state index contributed by atoms with van der Waals surface area (Å²) in [7, 11) is 1.38. The van der Waals surface area contributed by atoms with Crippen molar-refractivity contribution in [3.63, 3.8) is 0 Å². The van der Waals surface area contributed by atoms with Crippen molar-refractivity contribution in [2.75, 3.05) is 38.2 Å². The quantitative estimate of drug-likeness (QED) is 0.844. The van der Waals surface area contributed by atoms with Crippen LogP contribution in [0.4, 0.5) is 10.5 Å². The number of urea groups is 1. The number of carbonyl (C=O) groups excluding carboxylic acids is 2. The lowest BCUT2D eigenvalue weighted by molar-refractivity contribution is 0.0600. The van der Waals surface area contributed by atoms with Crippen molar-refractivity contribution in [2.45, 2.75) is 13.5 Å². The molecule has 0 atom stereocenters. The minimum atomic E-state index is -0.342. The van der Waals surface area contributed by atoms with Crippen LogP contribution in [0.15, 0.2) is 48.5 Å². The Labute approximate surface area is 159 Å². The fourth-order valence-electron chi connectivity index (χ4n) is 3.23. The maximum atomic E-state index is 12.4. The molecule has 1 aliphatic rings. The van der Waals surface area contributed by atoms with Crippen LogP contribution >= 0.6 is 0 Å². The number of hydrogen-bond acceptors (Lipinski definition) is 4. The standard InChI is InChI=1S/C21H25N3O3/c1-16-5-3-6-17(13-16)15-22-21(26)24-11-9-23(10-12-24)19-8-4-7-18(14-19)20(25)27-2/h3-8,13-14H,9-12,15H2,1-2H3,(H,22,26). The summed E-state index contributed by atoms with van der Waals surface area (Å²) in [5.41, 5.74) is 3.79. The smallest absolute Gasteiger partial charge is 0.337 e. The van der Waals surface area contributed by atoms with Gasteiger partial charge in [0.15, 0.2) is 0 Å². The lowest BCUT2D eigenvalue weighted by Crippen LogP contribution is -2.51. The third-order valence-electron chi connectivity index (χ3n) is 4.73. The predicted molar refractivity (Wildman–Crippen MR) is 105 cm³/mol. The van der Waals surface area contributed by atoms with Gasteiger partial charge in [0.05, 0.1) is 12.7 Å². The molecule has 27 heavy (non-hydrogen) atoms. The summed E-state index contributed by atoms with van der Waals surface area (Å²) in [5.74, 6) is -0.342. The molecule has 2 aromatic carbocycles. The Morgan fingerprint density at radius 3 is 2.48 bits per heavy atom. The molecule has 142 valence electrons. The first-order valence-corrected chi connectivity index (χ1v) is 9.08. The minimum Gasteiger partial charge on any atom is -0.465 e. The van der Waals surface area contributed by atoms with Gasteiger partial charge in [-0.2, -0.15) is 0 Å². The van der Waals surface area contributed by atoms with E-state index in [2.05, 4.69) is 16.3 Å². The maximum Gasteiger partial charge on any atom is 0.337 e. The van der Waals surface area contributed by atoms with E-state index in [-0.39, 0.29) is 12.0 Å². The molecular formula is C21H25N3O3. The largest absolute Gasteiger partial charge is 0.465 e. The van der Waals surface area contributed by atoms with Crippen LogP contribution < -0.4 is 10.2 Å². The molecule has 6 nitrogen and oxygen atoms in total. The Kier molecular flexibility index (Phi) is 5.96. The van der Waals surface area contributed by atoms with Gasteiger partial charge in [-0.25, -0.2) is 9.59 Å². The summed E-state index contributed by atoms with van der Waals surface area (Å²) in [6, 6.07) is 15.5. The molecule has 2 aromatic rings. The normalized spacial score (nSPS) is 14.0. The number of amides is 2. The third kappa shape index (κ3) is 4.78. The molecule has 2 amide bonds. The van der Waals surface area contributed by atoms with E-state index in [0.29, 0.717) is 25.2 Å². The van der Waals surface area contributed by atoms with Gasteiger partial charge in [-0.3, -0.25) is 0 Å². The Hall–Kier alpha value is -3.02. The maximum absolute atomic E-state index is 12.4. The van der Waals surface area contributed by atoms with Crippen LogP contribution in [-0.4, -0.2) is 50.2 Å². The highest BCUT2D eigenvalue weighted by Gasteiger charge is 2.21. The van der Waals surface area contributed by atoms with Crippen molar-refractivity contribution in [1.29, 1.82) is 0 Å². The molecule has 1 N–H and O–H groups in total. The molecule has 0 saturated carbocycles. The van der Waals surface area contributed by atoms with Crippen LogP contribution in [0.1, 0.15) is 21.5 Å². The summed E-state index contributed by atoms with van der Waals surface area (Å²) < 4.78 is 4.78. The molecule has 0 spiro atoms. The van der Waals surface area contributed by atoms with E-state index in [4.69, 9.17) is 4.74 Å². The number of benzene rings is 2. The van der Waals surface area contributed by atoms with Crippen LogP contribution in [0.25, 0.3) is 0 Å². The van der Waals surface area contributed by atoms with E-state index >= 15 is 0 Å². The van der Waals surface area contributed by atoms with Gasteiger partial charge in [0.1, 0.15) is 0 Å². The molecule has 0 aliphatic carbocycles. The minimum absolute atomic E-state index is 0.0422. The van der Waals surface area contributed by atoms with Crippen molar-refractivity contribution in [3.8, 4) is 0 Å². The second-order valence-corrected chi connectivity index (χ2v) is 6.66. The molecule has 6 heteroatoms. The molecule has 1 fully saturated rings. The molecule has 1 saturated heterocycles. The first kappa shape index (κ1) is 18.8. The second kappa shape index (κ2) is 8.58. The molecule has 0 radical (unpaired) electrons. The molecule has 1 aliphatic heterocycles. The lowest BCUT2D eigenvalue weighted by Gasteiger charge is -2.36. The van der Waals surface area contributed by atoms with Crippen LogP contribution in [0.3, 0.4) is 0 Å². The fraction of sp³-hybridized carbons (Fsp3) is 0.333. The van der Waals surface area contributed by atoms with Crippen molar-refractivity contribution in [1.82, 2.24) is 10.2 Å². The lowest BCUT2D eigenvalue weighted by atomic mass is 10.1. The highest BCUT2D eigenvalue weighted by atomic mass is 16.5. The zero-order chi connectivity index (χ0) is 19.2. The van der Waals surface area contributed by atoms with E-state index in [9.17, 15) is 9.59 Å². The molecule has 0 unspecified atom stereocenters. The number of aryl methyl sites for hydroxylation is 1. The van der Waals surface area contributed by atoms with E-state index in [1.165, 1.54) is 12.7 Å². The van der Waals surface area contributed by atoms with Gasteiger partial charge in [0.25, 0.3) is 0 Å². The number of nitrogens with one attached hydrogen (secondary N) is 1. The zero-order valence-electron chi connectivity index (χ0n) is 15.8. The van der Waals surface area contributed by atoms with E-state index in [0.717, 1.165) is 24.3 Å². The van der Waals surface area contributed by atoms with Crippen molar-refractivity contribution < 1.29 is 14.3 Å². The summed E-state index contributed by atoms with van der Waals surface area (Å²) in [5, 5.41) is 2.99. The Balaban J connectivity index is 1.52. The van der Waals surface area contributed by atoms with Crippen LogP contribution in [-0.2, 0) is 11.3 Å². The zero-order valence-corrected chi connectivity index (χ0v) is 15.8. The molecule has 0 aromatic heterocycles. The van der Waals surface area contributed by atoms with Gasteiger partial charge >= 0.3 is 12.0 Å². The topological polar surface area (TPSA) is 61.9 Å². The summed E-state index contributed by atoms with van der Waals surface area (Å²) in [6.07, 6.45) is 0. The van der Waals surface area contributed by atoms with Crippen LogP contribution in [0.5, 0.6) is 0 Å². The van der Waals surface area contributed by atoms with Gasteiger partial charge in [-0.1, -0.05) is 35.9 Å². The number of rotatable bonds is 4. The first-order valence-electron chi connectivity index (χ1n) is 9.08. The van der Waals surface area contributed by atoms with Crippen molar-refractivity contribution in [3.05, 3.63) is 65.2 Å². The predicted octanol–water partition coefficient (Wildman–Crippen LogP) is 2.81. The summed E-state index contributed by atoms with van der Waals surface area (Å²) in [6.45, 7) is 5.30. The van der Waals surface area contributed by atoms with Gasteiger partial charge < -0.3 is 19.9 Å². The fourth-order valence-corrected chi connectivity index (χ4v) is 3.23. The van der Waals surface area contributed by atoms with Gasteiger partial charge in [-0.05, 0) is 30.7 Å². The number of ether oxygens (including phenoxy) is 1. The number of carbonyl (C=O) groups is 2. The third-order valence-corrected chi connectivity index (χ3v) is 4.73. The highest BCUT2D eigenvalue weighted by molar-refractivity contribution is 5.90. The number of hydrogen-bond donors (Lipinski definition) is 1. The molecular weight excluding hydrogens is 342 g/mol. The Morgan fingerprint density at radius 2 is 1.78 bits per heavy atom. The number of piperazine rings is 1. The molecule has 3 rings (SSSR count). The number of anilines is 1. The molecule has 0 bridgehead atoms. The van der Waals surface area contributed by atoms with Crippen molar-refractivity contribution >= 4 is 17.7 Å². The van der Waals surface area contributed by atoms with E-state index < -0.39 is 0 Å². The van der Waals surface area contributed by atoms with Gasteiger partial charge in [0.2, 0.25) is 0 Å². The van der Waals surface area contributed by atoms with E-state index in [1.807, 2.05) is 48.2 Å². The highest BCUT2D eigenvalue weighted by Crippen LogP contribution is 2.19. The number of nitrogens with zero attached hydrogens (tertiary/aromatic N) is 2. The van der Waals surface area contributed by atoms with Gasteiger partial charge in [0, 0.05) is 38.4 Å². The average Bonchev–Trinajstić information content (AvgIpc) is 2.71. The number of esters is 1. The summed E-state index contributed by atoms with van der Waals surface area (Å²) in [4.78, 5) is 28.1. The SMILES string of the molecule is COC(=O)c1cccc(N2CCN(C(=O)NCc3cccc(C)c3)CC2)c1. The Morgan fingerprint density at radius 1 is 1.04 bits per heavy atom. The molecule has 1 heterocycles.